The molecule has 8 heavy (non-hydrogen) atoms. The maximum atomic E-state index is 5.51. The molecule has 0 atom stereocenters. The van der Waals surface area contributed by atoms with Crippen molar-refractivity contribution < 1.29 is 0 Å². The van der Waals surface area contributed by atoms with Crippen LogP contribution in [0.15, 0.2) is 0 Å². The molecule has 0 saturated carbocycles. The number of nitrogens with zero attached hydrogens (tertiary/aromatic N) is 1. The molecule has 0 aliphatic rings. The first-order valence-electron chi connectivity index (χ1n) is 3.05. The Hall–Kier alpha value is 0.250. The van der Waals surface area contributed by atoms with Crippen LogP contribution in [0.4, 0.5) is 0 Å². The Morgan fingerprint density at radius 3 is 2.50 bits per heavy atom. The van der Waals surface area contributed by atoms with Crippen molar-refractivity contribution in [1.29, 1.82) is 0 Å². The van der Waals surface area contributed by atoms with E-state index in [0.717, 1.165) is 6.54 Å². The average Bonchev–Trinajstić information content (AvgIpc) is 1.83. The van der Waals surface area contributed by atoms with Crippen molar-refractivity contribution in [2.24, 2.45) is 0 Å². The number of alkyl halides is 1. The summed E-state index contributed by atoms with van der Waals surface area (Å²) in [5.41, 5.74) is 0. The first-order valence-corrected chi connectivity index (χ1v) is 3.59. The monoisotopic (exact) mass is 135 g/mol. The van der Waals surface area contributed by atoms with Gasteiger partial charge in [-0.3, -0.25) is 4.90 Å². The van der Waals surface area contributed by atoms with E-state index in [9.17, 15) is 0 Å². The summed E-state index contributed by atoms with van der Waals surface area (Å²) < 4.78 is 0. The summed E-state index contributed by atoms with van der Waals surface area (Å²) in [7, 11) is 2.03. The normalized spacial score (nSPS) is 10.5. The standard InChI is InChI=1S/C6H14ClN/c1-3-4-5-8(2)6-7/h3-6H2,1-2H3. The predicted molar refractivity (Wildman–Crippen MR) is 38.3 cm³/mol. The van der Waals surface area contributed by atoms with Gasteiger partial charge in [-0.2, -0.15) is 0 Å². The van der Waals surface area contributed by atoms with Gasteiger partial charge >= 0.3 is 0 Å². The summed E-state index contributed by atoms with van der Waals surface area (Å²) in [4.78, 5) is 2.10. The highest BCUT2D eigenvalue weighted by molar-refractivity contribution is 6.17. The van der Waals surface area contributed by atoms with Gasteiger partial charge in [-0.1, -0.05) is 13.3 Å². The van der Waals surface area contributed by atoms with E-state index in [1.807, 2.05) is 7.05 Å². The van der Waals surface area contributed by atoms with E-state index in [4.69, 9.17) is 11.6 Å². The number of hydrogen-bond acceptors (Lipinski definition) is 1. The molecule has 0 unspecified atom stereocenters. The summed E-state index contributed by atoms with van der Waals surface area (Å²) in [5, 5.41) is 0. The van der Waals surface area contributed by atoms with Crippen LogP contribution in [0.25, 0.3) is 0 Å². The van der Waals surface area contributed by atoms with E-state index >= 15 is 0 Å². The highest BCUT2D eigenvalue weighted by Gasteiger charge is 1.90. The molecule has 1 nitrogen and oxygen atoms in total. The third-order valence-electron chi connectivity index (χ3n) is 1.10. The molecule has 0 N–H and O–H groups in total. The topological polar surface area (TPSA) is 3.24 Å². The molecule has 0 aliphatic heterocycles. The van der Waals surface area contributed by atoms with Gasteiger partial charge in [0, 0.05) is 0 Å². The van der Waals surface area contributed by atoms with Crippen molar-refractivity contribution >= 4 is 11.6 Å². The largest absolute Gasteiger partial charge is 0.293 e. The van der Waals surface area contributed by atoms with Crippen molar-refractivity contribution in [1.82, 2.24) is 4.90 Å². The second-order valence-electron chi connectivity index (χ2n) is 2.05. The molecule has 0 aromatic rings. The average molecular weight is 136 g/mol. The van der Waals surface area contributed by atoms with Crippen LogP contribution in [0.3, 0.4) is 0 Å². The van der Waals surface area contributed by atoms with Crippen molar-refractivity contribution in [3.8, 4) is 0 Å². The van der Waals surface area contributed by atoms with Gasteiger partial charge in [0.05, 0.1) is 6.00 Å². The number of rotatable bonds is 4. The smallest absolute Gasteiger partial charge is 0.0735 e. The summed E-state index contributed by atoms with van der Waals surface area (Å²) in [6.45, 7) is 3.31. The van der Waals surface area contributed by atoms with Crippen LogP contribution >= 0.6 is 11.6 Å². The lowest BCUT2D eigenvalue weighted by Gasteiger charge is -2.09. The molecule has 0 fully saturated rings. The molecule has 50 valence electrons. The van der Waals surface area contributed by atoms with Crippen LogP contribution in [-0.4, -0.2) is 24.5 Å². The van der Waals surface area contributed by atoms with Gasteiger partial charge in [-0.25, -0.2) is 0 Å². The number of hydrogen-bond donors (Lipinski definition) is 0. The maximum absolute atomic E-state index is 5.51. The molecular formula is C6H14ClN. The Kier molecular flexibility index (Phi) is 5.56. The second-order valence-corrected chi connectivity index (χ2v) is 2.29. The lowest BCUT2D eigenvalue weighted by molar-refractivity contribution is 0.380. The van der Waals surface area contributed by atoms with E-state index in [0.29, 0.717) is 6.00 Å². The maximum Gasteiger partial charge on any atom is 0.0735 e. The minimum absolute atomic E-state index is 0.653. The molecule has 0 amide bonds. The van der Waals surface area contributed by atoms with E-state index in [-0.39, 0.29) is 0 Å². The molecule has 0 aromatic heterocycles. The third-order valence-corrected chi connectivity index (χ3v) is 1.51. The zero-order valence-corrected chi connectivity index (χ0v) is 6.41. The van der Waals surface area contributed by atoms with Crippen LogP contribution < -0.4 is 0 Å². The third kappa shape index (κ3) is 4.41. The Bertz CT molecular complexity index is 47.8. The zero-order valence-electron chi connectivity index (χ0n) is 5.65. The molecule has 0 radical (unpaired) electrons. The zero-order chi connectivity index (χ0) is 6.41. The number of halogens is 1. The van der Waals surface area contributed by atoms with Crippen LogP contribution in [-0.2, 0) is 0 Å². The molecule has 0 aromatic carbocycles. The van der Waals surface area contributed by atoms with Gasteiger partial charge < -0.3 is 0 Å². The molecule has 0 rings (SSSR count). The SMILES string of the molecule is CCCCN(C)CCl. The van der Waals surface area contributed by atoms with Gasteiger partial charge in [0.1, 0.15) is 0 Å². The van der Waals surface area contributed by atoms with Gasteiger partial charge in [0.15, 0.2) is 0 Å². The molecule has 2 heteroatoms. The fourth-order valence-electron chi connectivity index (χ4n) is 0.488. The van der Waals surface area contributed by atoms with Gasteiger partial charge in [-0.15, -0.1) is 11.6 Å². The summed E-state index contributed by atoms with van der Waals surface area (Å²) >= 11 is 5.51. The quantitative estimate of drug-likeness (QED) is 0.421. The van der Waals surface area contributed by atoms with Crippen LogP contribution in [0.5, 0.6) is 0 Å². The minimum atomic E-state index is 0.653. The summed E-state index contributed by atoms with van der Waals surface area (Å²) in [6, 6.07) is 0.653. The first kappa shape index (κ1) is 8.25. The minimum Gasteiger partial charge on any atom is -0.293 e. The van der Waals surface area contributed by atoms with E-state index in [1.54, 1.807) is 0 Å². The van der Waals surface area contributed by atoms with E-state index in [1.165, 1.54) is 12.8 Å². The Morgan fingerprint density at radius 2 is 2.12 bits per heavy atom. The summed E-state index contributed by atoms with van der Waals surface area (Å²) in [6.07, 6.45) is 2.50. The van der Waals surface area contributed by atoms with Gasteiger partial charge in [0.25, 0.3) is 0 Å². The fourth-order valence-corrected chi connectivity index (χ4v) is 0.607. The fraction of sp³-hybridized carbons (Fsp3) is 1.00. The molecule has 0 bridgehead atoms. The van der Waals surface area contributed by atoms with Crippen molar-refractivity contribution in [3.05, 3.63) is 0 Å². The van der Waals surface area contributed by atoms with Gasteiger partial charge in [0.2, 0.25) is 0 Å². The lowest BCUT2D eigenvalue weighted by Crippen LogP contribution is -2.16. The van der Waals surface area contributed by atoms with Crippen molar-refractivity contribution in [2.75, 3.05) is 19.6 Å². The molecule has 0 saturated heterocycles. The Balaban J connectivity index is 2.86. The first-order chi connectivity index (χ1) is 3.81. The molecule has 0 aliphatic carbocycles. The molecular weight excluding hydrogens is 122 g/mol. The van der Waals surface area contributed by atoms with Crippen LogP contribution in [0.1, 0.15) is 19.8 Å². The van der Waals surface area contributed by atoms with Crippen LogP contribution in [0.2, 0.25) is 0 Å². The van der Waals surface area contributed by atoms with Crippen molar-refractivity contribution in [2.45, 2.75) is 19.8 Å². The number of unbranched alkanes of at least 4 members (excludes halogenated alkanes) is 1. The summed E-state index contributed by atoms with van der Waals surface area (Å²) in [5.74, 6) is 0. The van der Waals surface area contributed by atoms with Gasteiger partial charge in [-0.05, 0) is 20.0 Å². The second kappa shape index (κ2) is 5.39. The van der Waals surface area contributed by atoms with E-state index in [2.05, 4.69) is 11.8 Å². The van der Waals surface area contributed by atoms with E-state index < -0.39 is 0 Å². The molecule has 0 heterocycles. The highest BCUT2D eigenvalue weighted by Crippen LogP contribution is 1.91. The van der Waals surface area contributed by atoms with Crippen molar-refractivity contribution in [3.63, 3.8) is 0 Å². The Morgan fingerprint density at radius 1 is 1.50 bits per heavy atom. The predicted octanol–water partition coefficient (Wildman–Crippen LogP) is 1.91. The molecule has 0 spiro atoms. The Labute approximate surface area is 56.6 Å². The lowest BCUT2D eigenvalue weighted by atomic mass is 10.3. The highest BCUT2D eigenvalue weighted by atomic mass is 35.5. The van der Waals surface area contributed by atoms with Crippen LogP contribution in [0, 0.1) is 0 Å².